The van der Waals surface area contributed by atoms with Crippen LogP contribution in [-0.2, 0) is 4.79 Å². The third-order valence-corrected chi connectivity index (χ3v) is 2.25. The molecule has 1 aliphatic rings. The van der Waals surface area contributed by atoms with Gasteiger partial charge in [-0.25, -0.2) is 13.6 Å². The summed E-state index contributed by atoms with van der Waals surface area (Å²) in [5, 5.41) is 13.1. The molecule has 0 amide bonds. The number of hydrogen-bond acceptors (Lipinski definition) is 3. The molecule has 1 atom stereocenters. The molecule has 1 N–H and O–H groups in total. The maximum absolute atomic E-state index is 12.5. The fraction of sp³-hybridized carbons (Fsp3) is 0.714. The van der Waals surface area contributed by atoms with Crippen molar-refractivity contribution in [3.63, 3.8) is 0 Å². The Morgan fingerprint density at radius 2 is 2.31 bits per heavy atom. The molecule has 1 heterocycles. The molecule has 0 saturated carbocycles. The van der Waals surface area contributed by atoms with E-state index in [1.165, 1.54) is 14.0 Å². The minimum atomic E-state index is -2.61. The molecule has 74 valence electrons. The number of hydrogen-bond donors (Lipinski definition) is 1. The van der Waals surface area contributed by atoms with Crippen molar-refractivity contribution in [2.45, 2.75) is 25.3 Å². The molecule has 0 fully saturated rings. The first kappa shape index (κ1) is 9.88. The third kappa shape index (κ3) is 1.48. The number of nitrogens with zero attached hydrogens (tertiary/aromatic N) is 2. The van der Waals surface area contributed by atoms with Crippen molar-refractivity contribution in [3.05, 3.63) is 0 Å². The second-order valence-electron chi connectivity index (χ2n) is 3.21. The third-order valence-electron chi connectivity index (χ3n) is 2.25. The SMILES string of the molecule is CN1N=C(C(=O)O)CC1(C)C(F)F. The van der Waals surface area contributed by atoms with Gasteiger partial charge in [-0.1, -0.05) is 0 Å². The van der Waals surface area contributed by atoms with Crippen LogP contribution >= 0.6 is 0 Å². The highest BCUT2D eigenvalue weighted by atomic mass is 19.3. The molecule has 0 bridgehead atoms. The Morgan fingerprint density at radius 1 is 1.77 bits per heavy atom. The molecule has 1 rings (SSSR count). The molecule has 0 saturated heterocycles. The largest absolute Gasteiger partial charge is 0.477 e. The van der Waals surface area contributed by atoms with Gasteiger partial charge in [0.15, 0.2) is 0 Å². The number of aliphatic carboxylic acids is 1. The number of carboxylic acids is 1. The van der Waals surface area contributed by atoms with Gasteiger partial charge in [0.25, 0.3) is 6.43 Å². The van der Waals surface area contributed by atoms with Gasteiger partial charge in [-0.3, -0.25) is 5.01 Å². The predicted molar refractivity (Wildman–Crippen MR) is 41.9 cm³/mol. The average Bonchev–Trinajstić information content (AvgIpc) is 2.30. The van der Waals surface area contributed by atoms with E-state index in [0.717, 1.165) is 5.01 Å². The van der Waals surface area contributed by atoms with E-state index in [-0.39, 0.29) is 12.1 Å². The zero-order valence-electron chi connectivity index (χ0n) is 7.29. The summed E-state index contributed by atoms with van der Waals surface area (Å²) in [6.07, 6.45) is -2.84. The molecule has 1 unspecified atom stereocenters. The molecule has 6 heteroatoms. The van der Waals surface area contributed by atoms with E-state index in [1.54, 1.807) is 0 Å². The van der Waals surface area contributed by atoms with Crippen molar-refractivity contribution < 1.29 is 18.7 Å². The van der Waals surface area contributed by atoms with Crippen molar-refractivity contribution in [1.29, 1.82) is 0 Å². The highest BCUT2D eigenvalue weighted by Crippen LogP contribution is 2.31. The van der Waals surface area contributed by atoms with Gasteiger partial charge in [0.2, 0.25) is 0 Å². The average molecular weight is 192 g/mol. The zero-order valence-corrected chi connectivity index (χ0v) is 7.29. The summed E-state index contributed by atoms with van der Waals surface area (Å²) < 4.78 is 25.0. The topological polar surface area (TPSA) is 52.9 Å². The lowest BCUT2D eigenvalue weighted by molar-refractivity contribution is -0.129. The van der Waals surface area contributed by atoms with Gasteiger partial charge in [-0.05, 0) is 6.92 Å². The lowest BCUT2D eigenvalue weighted by atomic mass is 9.97. The monoisotopic (exact) mass is 192 g/mol. The molecule has 0 aliphatic carbocycles. The predicted octanol–water partition coefficient (Wildman–Crippen LogP) is 0.786. The van der Waals surface area contributed by atoms with E-state index in [4.69, 9.17) is 5.11 Å². The number of carbonyl (C=O) groups is 1. The Bertz CT molecular complexity index is 267. The quantitative estimate of drug-likeness (QED) is 0.703. The molecule has 0 spiro atoms. The van der Waals surface area contributed by atoms with E-state index in [2.05, 4.69) is 5.10 Å². The maximum Gasteiger partial charge on any atom is 0.352 e. The molecule has 13 heavy (non-hydrogen) atoms. The Hall–Kier alpha value is -1.20. The maximum atomic E-state index is 12.5. The van der Waals surface area contributed by atoms with Crippen molar-refractivity contribution in [3.8, 4) is 0 Å². The van der Waals surface area contributed by atoms with Gasteiger partial charge in [-0.2, -0.15) is 5.10 Å². The van der Waals surface area contributed by atoms with Crippen LogP contribution < -0.4 is 0 Å². The number of alkyl halides is 2. The van der Waals surface area contributed by atoms with Crippen LogP contribution in [0, 0.1) is 0 Å². The van der Waals surface area contributed by atoms with Crippen LogP contribution in [0.1, 0.15) is 13.3 Å². The molecule has 0 aromatic heterocycles. The van der Waals surface area contributed by atoms with E-state index in [1.807, 2.05) is 0 Å². The summed E-state index contributed by atoms with van der Waals surface area (Å²) in [6, 6.07) is 0. The minimum Gasteiger partial charge on any atom is -0.477 e. The zero-order chi connectivity index (χ0) is 10.2. The van der Waals surface area contributed by atoms with Gasteiger partial charge in [-0.15, -0.1) is 0 Å². The molecular formula is C7H10F2N2O2. The lowest BCUT2D eigenvalue weighted by Gasteiger charge is -2.29. The highest BCUT2D eigenvalue weighted by Gasteiger charge is 2.45. The standard InChI is InChI=1S/C7H10F2N2O2/c1-7(6(8)9)3-4(5(12)13)10-11(7)2/h6H,3H2,1-2H3,(H,12,13). The van der Waals surface area contributed by atoms with Crippen LogP contribution in [0.25, 0.3) is 0 Å². The Kier molecular flexibility index (Phi) is 2.23. The number of rotatable bonds is 2. The lowest BCUT2D eigenvalue weighted by Crippen LogP contribution is -2.44. The summed E-state index contributed by atoms with van der Waals surface area (Å²) in [5.74, 6) is -1.24. The van der Waals surface area contributed by atoms with E-state index in [0.29, 0.717) is 0 Å². The molecule has 1 aliphatic heterocycles. The van der Waals surface area contributed by atoms with Crippen molar-refractivity contribution in [2.24, 2.45) is 5.10 Å². The summed E-state index contributed by atoms with van der Waals surface area (Å²) in [7, 11) is 1.35. The molecule has 0 radical (unpaired) electrons. The van der Waals surface area contributed by atoms with Crippen LogP contribution in [0.2, 0.25) is 0 Å². The number of hydrazone groups is 1. The first-order valence-corrected chi connectivity index (χ1v) is 3.70. The molecule has 0 aromatic carbocycles. The van der Waals surface area contributed by atoms with E-state index >= 15 is 0 Å². The van der Waals surface area contributed by atoms with Crippen LogP contribution in [-0.4, -0.2) is 40.8 Å². The fourth-order valence-corrected chi connectivity index (χ4v) is 1.12. The second kappa shape index (κ2) is 2.93. The Balaban J connectivity index is 2.86. The summed E-state index contributed by atoms with van der Waals surface area (Å²) in [5.41, 5.74) is -1.70. The van der Waals surface area contributed by atoms with Crippen LogP contribution in [0.3, 0.4) is 0 Å². The molecule has 4 nitrogen and oxygen atoms in total. The highest BCUT2D eigenvalue weighted by molar-refractivity contribution is 6.36. The summed E-state index contributed by atoms with van der Waals surface area (Å²) in [6.45, 7) is 1.29. The first-order chi connectivity index (χ1) is 5.88. The van der Waals surface area contributed by atoms with Gasteiger partial charge < -0.3 is 5.11 Å². The molecule has 0 aromatic rings. The number of halogens is 2. The molecular weight excluding hydrogens is 182 g/mol. The smallest absolute Gasteiger partial charge is 0.352 e. The normalized spacial score (nSPS) is 28.1. The second-order valence-corrected chi connectivity index (χ2v) is 3.21. The first-order valence-electron chi connectivity index (χ1n) is 3.70. The van der Waals surface area contributed by atoms with Gasteiger partial charge in [0, 0.05) is 13.5 Å². The Labute approximate surface area is 73.8 Å². The van der Waals surface area contributed by atoms with Crippen LogP contribution in [0.5, 0.6) is 0 Å². The van der Waals surface area contributed by atoms with Crippen molar-refractivity contribution in [2.75, 3.05) is 7.05 Å². The van der Waals surface area contributed by atoms with Crippen molar-refractivity contribution >= 4 is 11.7 Å². The van der Waals surface area contributed by atoms with Crippen molar-refractivity contribution in [1.82, 2.24) is 5.01 Å². The van der Waals surface area contributed by atoms with Gasteiger partial charge in [0.05, 0.1) is 0 Å². The summed E-state index contributed by atoms with van der Waals surface area (Å²) >= 11 is 0. The Morgan fingerprint density at radius 3 is 2.54 bits per heavy atom. The minimum absolute atomic E-state index is 0.217. The van der Waals surface area contributed by atoms with Crippen LogP contribution in [0.4, 0.5) is 8.78 Å². The van der Waals surface area contributed by atoms with Gasteiger partial charge in [0.1, 0.15) is 11.3 Å². The van der Waals surface area contributed by atoms with Gasteiger partial charge >= 0.3 is 5.97 Å². The fourth-order valence-electron chi connectivity index (χ4n) is 1.12. The number of carboxylic acid groups (broad SMARTS) is 1. The van der Waals surface area contributed by atoms with E-state index < -0.39 is 17.9 Å². The van der Waals surface area contributed by atoms with Crippen LogP contribution in [0.15, 0.2) is 5.10 Å². The summed E-state index contributed by atoms with van der Waals surface area (Å²) in [4.78, 5) is 10.5. The van der Waals surface area contributed by atoms with E-state index in [9.17, 15) is 13.6 Å².